The molecule has 8 heteroatoms. The summed E-state index contributed by atoms with van der Waals surface area (Å²) in [4.78, 5) is 27.3. The molecule has 1 atom stereocenters. The first-order valence-electron chi connectivity index (χ1n) is 10.5. The molecule has 1 saturated heterocycles. The molecule has 1 aliphatic rings. The Morgan fingerprint density at radius 2 is 1.85 bits per heavy atom. The van der Waals surface area contributed by atoms with Crippen LogP contribution in [0.4, 0.5) is 10.1 Å². The first-order chi connectivity index (χ1) is 16.0. The second-order valence-electron chi connectivity index (χ2n) is 7.19. The molecule has 1 unspecified atom stereocenters. The third-order valence-electron chi connectivity index (χ3n) is 5.16. The Morgan fingerprint density at radius 1 is 1.06 bits per heavy atom. The normalized spacial score (nSPS) is 17.4. The number of rotatable bonds is 7. The van der Waals surface area contributed by atoms with Crippen LogP contribution in [0.2, 0.25) is 0 Å². The first-order valence-corrected chi connectivity index (χ1v) is 10.5. The SMILES string of the molecule is CCOc1ccc(/C(O)=C2/C(=O)C(=O)N(c3cccc(F)c3)C2c2ccco2)c(OCC)c1. The minimum absolute atomic E-state index is 0.161. The summed E-state index contributed by atoms with van der Waals surface area (Å²) in [6, 6.07) is 12.2. The number of carbonyl (C=O) groups excluding carboxylic acids is 2. The number of ether oxygens (including phenoxy) is 2. The van der Waals surface area contributed by atoms with Gasteiger partial charge in [0.1, 0.15) is 34.9 Å². The minimum Gasteiger partial charge on any atom is -0.507 e. The van der Waals surface area contributed by atoms with Crippen molar-refractivity contribution in [3.8, 4) is 11.5 Å². The average molecular weight is 451 g/mol. The first kappa shape index (κ1) is 22.1. The lowest BCUT2D eigenvalue weighted by molar-refractivity contribution is -0.132. The summed E-state index contributed by atoms with van der Waals surface area (Å²) in [5, 5.41) is 11.3. The van der Waals surface area contributed by atoms with Crippen LogP contribution in [0.5, 0.6) is 11.5 Å². The predicted molar refractivity (Wildman–Crippen MR) is 119 cm³/mol. The van der Waals surface area contributed by atoms with E-state index in [1.54, 1.807) is 37.3 Å². The number of ketones is 1. The van der Waals surface area contributed by atoms with E-state index in [2.05, 4.69) is 0 Å². The van der Waals surface area contributed by atoms with Crippen LogP contribution >= 0.6 is 0 Å². The van der Waals surface area contributed by atoms with Crippen molar-refractivity contribution in [1.29, 1.82) is 0 Å². The highest BCUT2D eigenvalue weighted by atomic mass is 19.1. The van der Waals surface area contributed by atoms with Crippen LogP contribution in [0.25, 0.3) is 5.76 Å². The summed E-state index contributed by atoms with van der Waals surface area (Å²) in [6.07, 6.45) is 1.39. The largest absolute Gasteiger partial charge is 0.507 e. The maximum absolute atomic E-state index is 13.9. The van der Waals surface area contributed by atoms with Crippen LogP contribution in [-0.4, -0.2) is 30.0 Å². The Morgan fingerprint density at radius 3 is 2.52 bits per heavy atom. The molecule has 2 aromatic carbocycles. The van der Waals surface area contributed by atoms with E-state index in [-0.39, 0.29) is 28.3 Å². The standard InChI is InChI=1S/C25H22FNO6/c1-3-31-17-10-11-18(20(14-17)32-4-2)23(28)21-22(19-9-6-12-33-19)27(25(30)24(21)29)16-8-5-7-15(26)13-16/h5-14,22,28H,3-4H2,1-2H3/b23-21-. The molecule has 0 saturated carbocycles. The quantitative estimate of drug-likeness (QED) is 0.314. The van der Waals surface area contributed by atoms with Crippen LogP contribution < -0.4 is 14.4 Å². The van der Waals surface area contributed by atoms with Crippen molar-refractivity contribution < 1.29 is 33.0 Å². The van der Waals surface area contributed by atoms with Gasteiger partial charge in [-0.05, 0) is 56.3 Å². The molecule has 0 bridgehead atoms. The third kappa shape index (κ3) is 4.07. The monoisotopic (exact) mass is 451 g/mol. The molecule has 0 aliphatic carbocycles. The Bertz CT molecular complexity index is 1220. The van der Waals surface area contributed by atoms with Crippen molar-refractivity contribution >= 4 is 23.1 Å². The summed E-state index contributed by atoms with van der Waals surface area (Å²) in [7, 11) is 0. The van der Waals surface area contributed by atoms with Gasteiger partial charge in [-0.15, -0.1) is 0 Å². The van der Waals surface area contributed by atoms with Gasteiger partial charge in [-0.1, -0.05) is 6.07 Å². The second kappa shape index (κ2) is 9.20. The summed E-state index contributed by atoms with van der Waals surface area (Å²) >= 11 is 0. The number of amides is 1. The molecule has 1 aliphatic heterocycles. The van der Waals surface area contributed by atoms with Crippen molar-refractivity contribution in [3.05, 3.63) is 83.6 Å². The van der Waals surface area contributed by atoms with Crippen LogP contribution in [0.1, 0.15) is 31.2 Å². The fourth-order valence-electron chi connectivity index (χ4n) is 3.82. The fraction of sp³-hybridized carbons (Fsp3) is 0.200. The van der Waals surface area contributed by atoms with Gasteiger partial charge in [-0.2, -0.15) is 0 Å². The molecule has 170 valence electrons. The molecular formula is C25H22FNO6. The molecular weight excluding hydrogens is 429 g/mol. The Balaban J connectivity index is 1.91. The predicted octanol–water partition coefficient (Wildman–Crippen LogP) is 4.84. The highest BCUT2D eigenvalue weighted by molar-refractivity contribution is 6.51. The molecule has 3 aromatic rings. The topological polar surface area (TPSA) is 89.2 Å². The van der Waals surface area contributed by atoms with Gasteiger partial charge in [-0.3, -0.25) is 14.5 Å². The number of aliphatic hydroxyl groups is 1. The number of nitrogens with zero attached hydrogens (tertiary/aromatic N) is 1. The second-order valence-corrected chi connectivity index (χ2v) is 7.19. The number of hydrogen-bond donors (Lipinski definition) is 1. The smallest absolute Gasteiger partial charge is 0.300 e. The van der Waals surface area contributed by atoms with E-state index in [1.807, 2.05) is 6.92 Å². The Hall–Kier alpha value is -4.07. The van der Waals surface area contributed by atoms with E-state index in [1.165, 1.54) is 24.5 Å². The lowest BCUT2D eigenvalue weighted by Gasteiger charge is -2.23. The summed E-state index contributed by atoms with van der Waals surface area (Å²) < 4.78 is 30.6. The summed E-state index contributed by atoms with van der Waals surface area (Å²) in [5.74, 6) is -1.78. The van der Waals surface area contributed by atoms with Crippen molar-refractivity contribution in [2.75, 3.05) is 18.1 Å². The summed E-state index contributed by atoms with van der Waals surface area (Å²) in [5.41, 5.74) is 0.188. The van der Waals surface area contributed by atoms with Gasteiger partial charge in [0, 0.05) is 11.8 Å². The Kier molecular flexibility index (Phi) is 6.17. The van der Waals surface area contributed by atoms with Crippen LogP contribution in [-0.2, 0) is 9.59 Å². The van der Waals surface area contributed by atoms with Crippen LogP contribution in [0.3, 0.4) is 0 Å². The van der Waals surface area contributed by atoms with Crippen molar-refractivity contribution in [3.63, 3.8) is 0 Å². The highest BCUT2D eigenvalue weighted by Gasteiger charge is 2.48. The molecule has 2 heterocycles. The molecule has 33 heavy (non-hydrogen) atoms. The molecule has 1 fully saturated rings. The molecule has 0 spiro atoms. The zero-order chi connectivity index (χ0) is 23.5. The van der Waals surface area contributed by atoms with Gasteiger partial charge in [0.25, 0.3) is 11.7 Å². The number of Topliss-reactive ketones (excluding diaryl/α,β-unsaturated/α-hetero) is 1. The van der Waals surface area contributed by atoms with Crippen molar-refractivity contribution in [1.82, 2.24) is 0 Å². The van der Waals surface area contributed by atoms with Gasteiger partial charge < -0.3 is 19.0 Å². The van der Waals surface area contributed by atoms with Crippen LogP contribution in [0, 0.1) is 5.82 Å². The van der Waals surface area contributed by atoms with Gasteiger partial charge in [0.05, 0.1) is 30.6 Å². The average Bonchev–Trinajstić information content (AvgIpc) is 3.41. The van der Waals surface area contributed by atoms with Gasteiger partial charge >= 0.3 is 0 Å². The van der Waals surface area contributed by atoms with Crippen molar-refractivity contribution in [2.24, 2.45) is 0 Å². The zero-order valence-corrected chi connectivity index (χ0v) is 18.1. The van der Waals surface area contributed by atoms with Crippen molar-refractivity contribution in [2.45, 2.75) is 19.9 Å². The Labute approximate surface area is 189 Å². The lowest BCUT2D eigenvalue weighted by atomic mass is 9.98. The van der Waals surface area contributed by atoms with Gasteiger partial charge in [0.2, 0.25) is 0 Å². The molecule has 1 amide bonds. The van der Waals surface area contributed by atoms with E-state index in [0.29, 0.717) is 19.0 Å². The number of benzene rings is 2. The molecule has 0 radical (unpaired) electrons. The lowest BCUT2D eigenvalue weighted by Crippen LogP contribution is -2.29. The molecule has 1 aromatic heterocycles. The number of carbonyl (C=O) groups is 2. The number of hydrogen-bond acceptors (Lipinski definition) is 6. The van der Waals surface area contributed by atoms with Crippen LogP contribution in [0.15, 0.2) is 70.9 Å². The van der Waals surface area contributed by atoms with Gasteiger partial charge in [-0.25, -0.2) is 4.39 Å². The maximum Gasteiger partial charge on any atom is 0.300 e. The highest BCUT2D eigenvalue weighted by Crippen LogP contribution is 2.43. The zero-order valence-electron chi connectivity index (χ0n) is 18.1. The van der Waals surface area contributed by atoms with E-state index >= 15 is 0 Å². The van der Waals surface area contributed by atoms with E-state index in [4.69, 9.17) is 13.9 Å². The minimum atomic E-state index is -1.09. The molecule has 7 nitrogen and oxygen atoms in total. The maximum atomic E-state index is 13.9. The number of furan rings is 1. The molecule has 4 rings (SSSR count). The van der Waals surface area contributed by atoms with Gasteiger partial charge in [0.15, 0.2) is 0 Å². The number of halogens is 1. The summed E-state index contributed by atoms with van der Waals surface area (Å²) in [6.45, 7) is 4.36. The van der Waals surface area contributed by atoms with E-state index in [0.717, 1.165) is 11.0 Å². The number of anilines is 1. The third-order valence-corrected chi connectivity index (χ3v) is 5.16. The van der Waals surface area contributed by atoms with E-state index in [9.17, 15) is 19.1 Å². The van der Waals surface area contributed by atoms with E-state index < -0.39 is 29.3 Å². The number of aliphatic hydroxyl groups excluding tert-OH is 1. The fourth-order valence-corrected chi connectivity index (χ4v) is 3.82. The molecule has 1 N–H and O–H groups in total.